The summed E-state index contributed by atoms with van der Waals surface area (Å²) in [6, 6.07) is 0. The van der Waals surface area contributed by atoms with Crippen molar-refractivity contribution in [3.63, 3.8) is 0 Å². The summed E-state index contributed by atoms with van der Waals surface area (Å²) in [5.41, 5.74) is 0. The monoisotopic (exact) mass is 188 g/mol. The van der Waals surface area contributed by atoms with Crippen LogP contribution in [-0.4, -0.2) is 16.8 Å². The summed E-state index contributed by atoms with van der Waals surface area (Å²) in [6.45, 7) is 3.44. The van der Waals surface area contributed by atoms with E-state index in [1.807, 2.05) is 6.92 Å². The molecule has 3 heteroatoms. The number of ketones is 2. The molecule has 0 spiro atoms. The third kappa shape index (κ3) is 7.79. The van der Waals surface area contributed by atoms with Gasteiger partial charge in [-0.25, -0.2) is 0 Å². The van der Waals surface area contributed by atoms with Gasteiger partial charge >= 0.3 is 0 Å². The maximum absolute atomic E-state index is 11.0. The standard InChI is InChI=1S/C9H16O2S/c1-7(10)6-9(11)5-3-4-8(2)12/h8,12H,3-6H2,1-2H3. The molecule has 0 fully saturated rings. The van der Waals surface area contributed by atoms with E-state index >= 15 is 0 Å². The van der Waals surface area contributed by atoms with Gasteiger partial charge in [0.2, 0.25) is 0 Å². The van der Waals surface area contributed by atoms with E-state index in [0.717, 1.165) is 12.8 Å². The summed E-state index contributed by atoms with van der Waals surface area (Å²) in [5.74, 6) is 0.00963. The predicted octanol–water partition coefficient (Wildman–Crippen LogP) is 2.02. The molecule has 2 nitrogen and oxygen atoms in total. The lowest BCUT2D eigenvalue weighted by molar-refractivity contribution is -0.125. The average molecular weight is 188 g/mol. The molecule has 0 aliphatic heterocycles. The van der Waals surface area contributed by atoms with E-state index in [4.69, 9.17) is 0 Å². The highest BCUT2D eigenvalue weighted by Gasteiger charge is 2.05. The number of hydrogen-bond donors (Lipinski definition) is 1. The quantitative estimate of drug-likeness (QED) is 0.511. The van der Waals surface area contributed by atoms with Gasteiger partial charge < -0.3 is 0 Å². The highest BCUT2D eigenvalue weighted by molar-refractivity contribution is 7.80. The van der Waals surface area contributed by atoms with Crippen LogP contribution in [0, 0.1) is 0 Å². The van der Waals surface area contributed by atoms with Crippen molar-refractivity contribution in [3.05, 3.63) is 0 Å². The zero-order valence-corrected chi connectivity index (χ0v) is 8.56. The van der Waals surface area contributed by atoms with Crippen LogP contribution >= 0.6 is 12.6 Å². The molecule has 0 saturated carbocycles. The van der Waals surface area contributed by atoms with Crippen LogP contribution in [-0.2, 0) is 9.59 Å². The van der Waals surface area contributed by atoms with Crippen molar-refractivity contribution >= 4 is 24.2 Å². The summed E-state index contributed by atoms with van der Waals surface area (Å²) in [6.07, 6.45) is 2.40. The molecule has 0 aliphatic rings. The summed E-state index contributed by atoms with van der Waals surface area (Å²) < 4.78 is 0. The summed E-state index contributed by atoms with van der Waals surface area (Å²) >= 11 is 4.19. The molecule has 0 aromatic carbocycles. The first kappa shape index (κ1) is 11.7. The zero-order chi connectivity index (χ0) is 9.56. The first-order chi connectivity index (χ1) is 5.52. The van der Waals surface area contributed by atoms with Crippen molar-refractivity contribution in [1.82, 2.24) is 0 Å². The molecule has 0 aliphatic carbocycles. The van der Waals surface area contributed by atoms with Crippen molar-refractivity contribution in [3.8, 4) is 0 Å². The van der Waals surface area contributed by atoms with Gasteiger partial charge in [0.15, 0.2) is 0 Å². The van der Waals surface area contributed by atoms with E-state index < -0.39 is 0 Å². The van der Waals surface area contributed by atoms with Crippen LogP contribution in [0.4, 0.5) is 0 Å². The Kier molecular flexibility index (Phi) is 6.07. The van der Waals surface area contributed by atoms with Crippen LogP contribution in [0.15, 0.2) is 0 Å². The number of hydrogen-bond acceptors (Lipinski definition) is 3. The topological polar surface area (TPSA) is 34.1 Å². The molecule has 0 heterocycles. The summed E-state index contributed by atoms with van der Waals surface area (Å²) in [4.78, 5) is 21.5. The molecular weight excluding hydrogens is 172 g/mol. The Balaban J connectivity index is 3.38. The lowest BCUT2D eigenvalue weighted by Gasteiger charge is -2.01. The highest BCUT2D eigenvalue weighted by Crippen LogP contribution is 2.07. The molecule has 0 radical (unpaired) electrons. The normalized spacial score (nSPS) is 12.6. The maximum atomic E-state index is 11.0. The molecule has 1 unspecified atom stereocenters. The van der Waals surface area contributed by atoms with E-state index in [9.17, 15) is 9.59 Å². The van der Waals surface area contributed by atoms with Crippen LogP contribution in [0.1, 0.15) is 39.5 Å². The van der Waals surface area contributed by atoms with E-state index in [0.29, 0.717) is 11.7 Å². The molecule has 1 atom stereocenters. The van der Waals surface area contributed by atoms with Gasteiger partial charge in [0.25, 0.3) is 0 Å². The van der Waals surface area contributed by atoms with Crippen LogP contribution < -0.4 is 0 Å². The van der Waals surface area contributed by atoms with Crippen molar-refractivity contribution in [1.29, 1.82) is 0 Å². The third-order valence-electron chi connectivity index (χ3n) is 1.52. The Morgan fingerprint density at radius 2 is 2.00 bits per heavy atom. The third-order valence-corrected chi connectivity index (χ3v) is 1.78. The van der Waals surface area contributed by atoms with Crippen LogP contribution in [0.3, 0.4) is 0 Å². The maximum Gasteiger partial charge on any atom is 0.140 e. The van der Waals surface area contributed by atoms with Gasteiger partial charge in [-0.15, -0.1) is 0 Å². The van der Waals surface area contributed by atoms with Gasteiger partial charge in [-0.3, -0.25) is 9.59 Å². The van der Waals surface area contributed by atoms with Crippen molar-refractivity contribution in [2.75, 3.05) is 0 Å². The largest absolute Gasteiger partial charge is 0.300 e. The Labute approximate surface area is 79.1 Å². The molecule has 0 aromatic rings. The fourth-order valence-electron chi connectivity index (χ4n) is 0.961. The molecule has 0 amide bonds. The fraction of sp³-hybridized carbons (Fsp3) is 0.778. The molecule has 70 valence electrons. The molecule has 0 bridgehead atoms. The van der Waals surface area contributed by atoms with Gasteiger partial charge in [0, 0.05) is 6.42 Å². The SMILES string of the molecule is CC(=O)CC(=O)CCCC(C)S. The summed E-state index contributed by atoms with van der Waals surface area (Å²) in [5, 5.41) is 0.343. The zero-order valence-electron chi connectivity index (χ0n) is 7.67. The van der Waals surface area contributed by atoms with Crippen LogP contribution in [0.5, 0.6) is 0 Å². The van der Waals surface area contributed by atoms with E-state index in [2.05, 4.69) is 12.6 Å². The average Bonchev–Trinajstić information content (AvgIpc) is 1.84. The second kappa shape index (κ2) is 6.23. The predicted molar refractivity (Wildman–Crippen MR) is 52.6 cm³/mol. The molecule has 0 N–H and O–H groups in total. The van der Waals surface area contributed by atoms with Gasteiger partial charge in [-0.1, -0.05) is 6.92 Å². The number of carbonyl (C=O) groups is 2. The number of rotatable bonds is 6. The Morgan fingerprint density at radius 3 is 2.42 bits per heavy atom. The van der Waals surface area contributed by atoms with Crippen LogP contribution in [0.25, 0.3) is 0 Å². The Morgan fingerprint density at radius 1 is 1.42 bits per heavy atom. The van der Waals surface area contributed by atoms with Crippen molar-refractivity contribution < 1.29 is 9.59 Å². The first-order valence-electron chi connectivity index (χ1n) is 4.21. The Bertz CT molecular complexity index is 164. The second-order valence-electron chi connectivity index (χ2n) is 3.16. The van der Waals surface area contributed by atoms with E-state index in [-0.39, 0.29) is 18.0 Å². The number of thiol groups is 1. The molecular formula is C9H16O2S. The lowest BCUT2D eigenvalue weighted by atomic mass is 10.1. The second-order valence-corrected chi connectivity index (χ2v) is 4.04. The number of Topliss-reactive ketones (excluding diaryl/α,β-unsaturated/α-hetero) is 2. The van der Waals surface area contributed by atoms with Gasteiger partial charge in [-0.05, 0) is 25.0 Å². The van der Waals surface area contributed by atoms with Crippen LogP contribution in [0.2, 0.25) is 0 Å². The van der Waals surface area contributed by atoms with Crippen molar-refractivity contribution in [2.24, 2.45) is 0 Å². The Hall–Kier alpha value is -0.310. The first-order valence-corrected chi connectivity index (χ1v) is 4.73. The van der Waals surface area contributed by atoms with Gasteiger partial charge in [0.05, 0.1) is 6.42 Å². The summed E-state index contributed by atoms with van der Waals surface area (Å²) in [7, 11) is 0. The minimum Gasteiger partial charge on any atom is -0.300 e. The fourth-order valence-corrected chi connectivity index (χ4v) is 1.14. The lowest BCUT2D eigenvalue weighted by Crippen LogP contribution is -2.04. The minimum absolute atomic E-state index is 0.0427. The molecule has 0 aromatic heterocycles. The molecule has 0 rings (SSSR count). The van der Waals surface area contributed by atoms with E-state index in [1.54, 1.807) is 0 Å². The van der Waals surface area contributed by atoms with Gasteiger partial charge in [-0.2, -0.15) is 12.6 Å². The highest BCUT2D eigenvalue weighted by atomic mass is 32.1. The molecule has 0 saturated heterocycles. The van der Waals surface area contributed by atoms with Gasteiger partial charge in [0.1, 0.15) is 11.6 Å². The van der Waals surface area contributed by atoms with E-state index in [1.165, 1.54) is 6.92 Å². The van der Waals surface area contributed by atoms with Crippen molar-refractivity contribution in [2.45, 2.75) is 44.8 Å². The molecule has 12 heavy (non-hydrogen) atoms. The smallest absolute Gasteiger partial charge is 0.140 e. The minimum atomic E-state index is -0.0427. The number of carbonyl (C=O) groups excluding carboxylic acids is 2.